The number of nitrogens with zero attached hydrogens (tertiary/aromatic N) is 6. The van der Waals surface area contributed by atoms with Crippen LogP contribution in [0.2, 0.25) is 0 Å². The molecule has 0 fully saturated rings. The van der Waals surface area contributed by atoms with Crippen molar-refractivity contribution in [3.63, 3.8) is 0 Å². The maximum absolute atomic E-state index is 10.2. The van der Waals surface area contributed by atoms with Gasteiger partial charge in [-0.25, -0.2) is 29.9 Å². The van der Waals surface area contributed by atoms with Gasteiger partial charge in [0.2, 0.25) is 0 Å². The van der Waals surface area contributed by atoms with Crippen LogP contribution in [0, 0.1) is 35.5 Å². The molecule has 0 saturated heterocycles. The zero-order valence-corrected chi connectivity index (χ0v) is 51.2. The predicted octanol–water partition coefficient (Wildman–Crippen LogP) is 14.2. The summed E-state index contributed by atoms with van der Waals surface area (Å²) in [4.78, 5) is 40.0. The second kappa shape index (κ2) is 28.0. The van der Waals surface area contributed by atoms with Crippen LogP contribution in [0.15, 0.2) is 48.5 Å². The average molecular weight is 1150 g/mol. The number of aromatic nitrogens is 8. The maximum Gasteiger partial charge on any atom is 0.168 e. The van der Waals surface area contributed by atoms with Gasteiger partial charge < -0.3 is 58.1 Å². The molecule has 4 N–H and O–H groups in total. The van der Waals surface area contributed by atoms with Gasteiger partial charge in [-0.1, -0.05) is 83.1 Å². The van der Waals surface area contributed by atoms with Gasteiger partial charge in [0.15, 0.2) is 23.3 Å². The molecule has 5 heterocycles. The Labute approximate surface area is 493 Å². The Morgan fingerprint density at radius 2 is 0.476 bits per heavy atom. The number of benzene rings is 4. The average Bonchev–Trinajstić information content (AvgIpc) is 2.59. The number of fused-ring (bicyclic) bond motifs is 20. The third kappa shape index (κ3) is 14.2. The lowest BCUT2D eigenvalue weighted by atomic mass is 10.1. The number of aliphatic hydroxyl groups is 2. The highest BCUT2D eigenvalue weighted by Crippen LogP contribution is 2.50. The van der Waals surface area contributed by atoms with Crippen molar-refractivity contribution in [1.82, 2.24) is 39.9 Å². The smallest absolute Gasteiger partial charge is 0.168 e. The molecular weight excluding hydrogens is 1060 g/mol. The number of aromatic amines is 2. The van der Waals surface area contributed by atoms with E-state index in [1.807, 2.05) is 36.4 Å². The highest BCUT2D eigenvalue weighted by Gasteiger charge is 2.32. The van der Waals surface area contributed by atoms with Gasteiger partial charge in [-0.3, -0.25) is 0 Å². The summed E-state index contributed by atoms with van der Waals surface area (Å²) in [6.07, 6.45) is 4.82. The molecule has 9 rings (SSSR count). The normalized spacial score (nSPS) is 12.1. The highest BCUT2D eigenvalue weighted by atomic mass is 16.5. The first-order chi connectivity index (χ1) is 40.5. The molecule has 0 radical (unpaired) electrons. The number of ether oxygens (including phenoxy) is 8. The van der Waals surface area contributed by atoms with Crippen LogP contribution >= 0.6 is 0 Å². The summed E-state index contributed by atoms with van der Waals surface area (Å²) in [7, 11) is 0. The number of hydrogen-bond acceptors (Lipinski definition) is 16. The Hall–Kier alpha value is -7.44. The Morgan fingerprint density at radius 3 is 0.679 bits per heavy atom. The van der Waals surface area contributed by atoms with E-state index in [0.717, 1.165) is 38.5 Å². The molecule has 2 aliphatic heterocycles. The SMILES string of the molecule is CC(C)CCOc1ccc(OCCC(C)C)c2c1-c1nc-2nc2[nH]c(nc3nc(nc4[nH]c(n1)c1c(OCCC(C)C)ccc(OCCC(C)C)c41)-c1c(OCCO)ccc(OCCO)c1-3)c1c(OCCC(C)C)ccc(OCCC(C)C)c21. The van der Waals surface area contributed by atoms with E-state index >= 15 is 0 Å². The Kier molecular flexibility index (Phi) is 20.4. The maximum atomic E-state index is 10.2. The molecule has 3 aromatic heterocycles. The number of H-pyrrole nitrogens is 2. The van der Waals surface area contributed by atoms with Crippen LogP contribution in [-0.4, -0.2) is 116 Å². The van der Waals surface area contributed by atoms with Crippen LogP contribution in [0.3, 0.4) is 0 Å². The summed E-state index contributed by atoms with van der Waals surface area (Å²) >= 11 is 0. The van der Waals surface area contributed by atoms with E-state index in [4.69, 9.17) is 67.8 Å². The summed E-state index contributed by atoms with van der Waals surface area (Å²) in [5.74, 6) is 7.41. The molecule has 18 heteroatoms. The van der Waals surface area contributed by atoms with Crippen LogP contribution in [0.4, 0.5) is 0 Å². The summed E-state index contributed by atoms with van der Waals surface area (Å²) in [5.41, 5.74) is 3.59. The molecule has 0 amide bonds. The zero-order chi connectivity index (χ0) is 59.6. The molecule has 2 aliphatic rings. The Morgan fingerprint density at radius 1 is 0.286 bits per heavy atom. The Bertz CT molecular complexity index is 3350. The monoisotopic (exact) mass is 1150 g/mol. The van der Waals surface area contributed by atoms with Gasteiger partial charge in [0.25, 0.3) is 0 Å². The molecule has 0 unspecified atom stereocenters. The lowest BCUT2D eigenvalue weighted by Crippen LogP contribution is -2.05. The quantitative estimate of drug-likeness (QED) is 0.0329. The van der Waals surface area contributed by atoms with E-state index < -0.39 is 0 Å². The number of aliphatic hydroxyl groups excluding tert-OH is 2. The van der Waals surface area contributed by atoms with Crippen LogP contribution in [-0.2, 0) is 0 Å². The van der Waals surface area contributed by atoms with Gasteiger partial charge in [-0.2, -0.15) is 0 Å². The number of hydrogen-bond donors (Lipinski definition) is 4. The minimum Gasteiger partial charge on any atom is -0.493 e. The van der Waals surface area contributed by atoms with Gasteiger partial charge >= 0.3 is 0 Å². The van der Waals surface area contributed by atoms with Crippen LogP contribution in [0.5, 0.6) is 46.0 Å². The van der Waals surface area contributed by atoms with E-state index in [-0.39, 0.29) is 38.1 Å². The molecule has 7 aromatic rings. The minimum atomic E-state index is -0.255. The molecule has 84 heavy (non-hydrogen) atoms. The zero-order valence-electron chi connectivity index (χ0n) is 51.2. The number of nitrogens with one attached hydrogen (secondary N) is 2. The second-order valence-corrected chi connectivity index (χ2v) is 24.2. The van der Waals surface area contributed by atoms with Crippen LogP contribution in [0.25, 0.3) is 89.7 Å². The molecule has 18 nitrogen and oxygen atoms in total. The van der Waals surface area contributed by atoms with Gasteiger partial charge in [0, 0.05) is 0 Å². The first kappa shape index (κ1) is 61.1. The molecule has 0 atom stereocenters. The van der Waals surface area contributed by atoms with Crippen molar-refractivity contribution < 1.29 is 48.1 Å². The molecule has 0 aliphatic carbocycles. The van der Waals surface area contributed by atoms with Gasteiger partial charge in [-0.15, -0.1) is 0 Å². The fourth-order valence-electron chi connectivity index (χ4n) is 9.77. The van der Waals surface area contributed by atoms with E-state index in [1.165, 1.54) is 0 Å². The highest BCUT2D eigenvalue weighted by molar-refractivity contribution is 6.13. The molecule has 450 valence electrons. The van der Waals surface area contributed by atoms with Crippen LogP contribution in [0.1, 0.15) is 122 Å². The molecule has 8 bridgehead atoms. The van der Waals surface area contributed by atoms with Crippen molar-refractivity contribution >= 4 is 44.1 Å². The van der Waals surface area contributed by atoms with Crippen molar-refractivity contribution in [2.24, 2.45) is 35.5 Å². The first-order valence-corrected chi connectivity index (χ1v) is 30.3. The van der Waals surface area contributed by atoms with Crippen molar-refractivity contribution in [2.75, 3.05) is 66.1 Å². The van der Waals surface area contributed by atoms with Gasteiger partial charge in [0.05, 0.1) is 96.7 Å². The standard InChI is InChI=1S/C66H86N8O10/c1-37(2)21-29-77-43-13-14-44(78-30-22-38(3)4)52-51(43)59-67-60(52)69-62-54-46(80-32-24-40(7)8)16-18-48(82-34-26-42(11)12)56(54)64(71-62)73-66-58-50(84-36-28-76)20-19-49(83-35-27-75)57(58)65(74-66)72-63-55-47(81-33-25-41(9)10)17-15-45(79-31-23-39(5)6)53(55)61(68-59)70-63/h13-20,37-42,75-76H,21-36H2,1-12H3,(H2,67,68,69,70,71,72,73,74). The third-order valence-corrected chi connectivity index (χ3v) is 14.5. The van der Waals surface area contributed by atoms with Crippen molar-refractivity contribution in [1.29, 1.82) is 0 Å². The van der Waals surface area contributed by atoms with Crippen molar-refractivity contribution in [3.8, 4) is 91.5 Å². The summed E-state index contributed by atoms with van der Waals surface area (Å²) in [6.45, 7) is 28.1. The van der Waals surface area contributed by atoms with Gasteiger partial charge in [-0.05, 0) is 123 Å². The van der Waals surface area contributed by atoms with Crippen LogP contribution < -0.4 is 37.9 Å². The van der Waals surface area contributed by atoms with E-state index in [9.17, 15) is 10.2 Å². The predicted molar refractivity (Wildman–Crippen MR) is 331 cm³/mol. The lowest BCUT2D eigenvalue weighted by molar-refractivity contribution is 0.199. The van der Waals surface area contributed by atoms with Crippen molar-refractivity contribution in [2.45, 2.75) is 122 Å². The van der Waals surface area contributed by atoms with E-state index in [2.05, 4.69) is 93.1 Å². The summed E-state index contributed by atoms with van der Waals surface area (Å²) < 4.78 is 53.2. The number of rotatable bonds is 30. The van der Waals surface area contributed by atoms with Crippen molar-refractivity contribution in [3.05, 3.63) is 48.5 Å². The third-order valence-electron chi connectivity index (χ3n) is 14.5. The summed E-state index contributed by atoms with van der Waals surface area (Å²) in [5, 5.41) is 22.8. The molecule has 0 saturated carbocycles. The van der Waals surface area contributed by atoms with E-state index in [0.29, 0.717) is 199 Å². The summed E-state index contributed by atoms with van der Waals surface area (Å²) in [6, 6.07) is 15.1. The van der Waals surface area contributed by atoms with Gasteiger partial charge in [0.1, 0.15) is 81.8 Å². The topological polar surface area (TPSA) is 223 Å². The Balaban J connectivity index is 1.51. The molecular formula is C66H86N8O10. The minimum absolute atomic E-state index is 0.0265. The van der Waals surface area contributed by atoms with E-state index in [1.54, 1.807) is 12.1 Å². The lowest BCUT2D eigenvalue weighted by Gasteiger charge is -2.16. The fourth-order valence-corrected chi connectivity index (χ4v) is 9.77. The molecule has 4 aromatic carbocycles. The second-order valence-electron chi connectivity index (χ2n) is 24.2. The first-order valence-electron chi connectivity index (χ1n) is 30.3. The molecule has 0 spiro atoms. The largest absolute Gasteiger partial charge is 0.493 e. The fraction of sp³-hybridized carbons (Fsp3) is 0.515.